The molecule has 0 aliphatic carbocycles. The minimum Gasteiger partial charge on any atom is -0.343 e. The highest BCUT2D eigenvalue weighted by Gasteiger charge is 2.11. The smallest absolute Gasteiger partial charge is 0.251 e. The summed E-state index contributed by atoms with van der Waals surface area (Å²) < 4.78 is 25.9. The first-order chi connectivity index (χ1) is 11.4. The number of halogens is 2. The van der Waals surface area contributed by atoms with Crippen LogP contribution in [0.5, 0.6) is 0 Å². The van der Waals surface area contributed by atoms with E-state index in [1.54, 1.807) is 12.1 Å². The summed E-state index contributed by atoms with van der Waals surface area (Å²) in [6.45, 7) is 3.87. The van der Waals surface area contributed by atoms with E-state index in [2.05, 4.69) is 24.5 Å². The van der Waals surface area contributed by atoms with Crippen LogP contribution in [0.15, 0.2) is 42.5 Å². The average molecular weight is 332 g/mol. The van der Waals surface area contributed by atoms with Crippen molar-refractivity contribution in [3.05, 3.63) is 65.2 Å². The molecule has 0 aliphatic rings. The van der Waals surface area contributed by atoms with Crippen molar-refractivity contribution in [2.45, 2.75) is 19.8 Å². The topological polar surface area (TPSA) is 58.2 Å². The van der Waals surface area contributed by atoms with Crippen LogP contribution in [0.4, 0.5) is 14.5 Å². The van der Waals surface area contributed by atoms with Crippen molar-refractivity contribution >= 4 is 17.5 Å². The maximum Gasteiger partial charge on any atom is 0.251 e. The molecule has 0 bridgehead atoms. The fraction of sp³-hybridized carbons (Fsp3) is 0.222. The highest BCUT2D eigenvalue weighted by Crippen LogP contribution is 2.17. The van der Waals surface area contributed by atoms with Crippen LogP contribution < -0.4 is 10.6 Å². The average Bonchev–Trinajstić information content (AvgIpc) is 2.55. The molecule has 6 heteroatoms. The number of amides is 2. The highest BCUT2D eigenvalue weighted by atomic mass is 19.2. The molecule has 0 aliphatic heterocycles. The fourth-order valence-electron chi connectivity index (χ4n) is 2.06. The molecule has 2 N–H and O–H groups in total. The van der Waals surface area contributed by atoms with Crippen molar-refractivity contribution in [3.63, 3.8) is 0 Å². The first-order valence-electron chi connectivity index (χ1n) is 7.50. The van der Waals surface area contributed by atoms with Crippen LogP contribution in [0.1, 0.15) is 35.7 Å². The number of carbonyl (C=O) groups is 2. The Kier molecular flexibility index (Phi) is 5.63. The van der Waals surface area contributed by atoms with Crippen LogP contribution in [0.2, 0.25) is 0 Å². The number of carbonyl (C=O) groups excluding carboxylic acids is 2. The molecule has 4 nitrogen and oxygen atoms in total. The number of anilines is 1. The number of rotatable bonds is 5. The summed E-state index contributed by atoms with van der Waals surface area (Å²) in [6.07, 6.45) is 0. The Morgan fingerprint density at radius 3 is 2.25 bits per heavy atom. The van der Waals surface area contributed by atoms with Gasteiger partial charge in [-0.3, -0.25) is 9.59 Å². The van der Waals surface area contributed by atoms with Crippen molar-refractivity contribution in [3.8, 4) is 0 Å². The molecular weight excluding hydrogens is 314 g/mol. The minimum absolute atomic E-state index is 0.0528. The van der Waals surface area contributed by atoms with Gasteiger partial charge >= 0.3 is 0 Å². The van der Waals surface area contributed by atoms with Crippen LogP contribution in [0.3, 0.4) is 0 Å². The first kappa shape index (κ1) is 17.6. The molecule has 126 valence electrons. The number of hydrogen-bond acceptors (Lipinski definition) is 2. The fourth-order valence-corrected chi connectivity index (χ4v) is 2.06. The zero-order chi connectivity index (χ0) is 17.7. The van der Waals surface area contributed by atoms with E-state index >= 15 is 0 Å². The second-order valence-electron chi connectivity index (χ2n) is 5.64. The molecule has 0 spiro atoms. The molecule has 0 saturated heterocycles. The second-order valence-corrected chi connectivity index (χ2v) is 5.64. The summed E-state index contributed by atoms with van der Waals surface area (Å²) in [5, 5.41) is 5.00. The Bertz CT molecular complexity index is 743. The van der Waals surface area contributed by atoms with Gasteiger partial charge in [0.2, 0.25) is 5.91 Å². The molecule has 2 aromatic rings. The molecule has 0 heterocycles. The largest absolute Gasteiger partial charge is 0.343 e. The Morgan fingerprint density at radius 1 is 1.00 bits per heavy atom. The third-order valence-corrected chi connectivity index (χ3v) is 3.45. The van der Waals surface area contributed by atoms with Gasteiger partial charge in [-0.2, -0.15) is 0 Å². The summed E-state index contributed by atoms with van der Waals surface area (Å²) >= 11 is 0. The van der Waals surface area contributed by atoms with Gasteiger partial charge in [0.1, 0.15) is 0 Å². The highest BCUT2D eigenvalue weighted by molar-refractivity contribution is 5.99. The molecule has 0 radical (unpaired) electrons. The second kappa shape index (κ2) is 7.68. The van der Waals surface area contributed by atoms with Crippen LogP contribution >= 0.6 is 0 Å². The van der Waals surface area contributed by atoms with Gasteiger partial charge in [-0.25, -0.2) is 8.78 Å². The number of benzene rings is 2. The lowest BCUT2D eigenvalue weighted by molar-refractivity contribution is -0.115. The Hall–Kier alpha value is -2.76. The lowest BCUT2D eigenvalue weighted by Gasteiger charge is -2.09. The van der Waals surface area contributed by atoms with Crippen molar-refractivity contribution < 1.29 is 18.4 Å². The van der Waals surface area contributed by atoms with E-state index in [0.29, 0.717) is 11.6 Å². The van der Waals surface area contributed by atoms with Gasteiger partial charge < -0.3 is 10.6 Å². The number of nitrogens with one attached hydrogen (secondary N) is 2. The van der Waals surface area contributed by atoms with E-state index in [0.717, 1.165) is 23.8 Å². The van der Waals surface area contributed by atoms with Gasteiger partial charge in [-0.1, -0.05) is 26.0 Å². The summed E-state index contributed by atoms with van der Waals surface area (Å²) in [7, 11) is 0. The van der Waals surface area contributed by atoms with E-state index in [-0.39, 0.29) is 12.1 Å². The predicted octanol–water partition coefficient (Wildman–Crippen LogP) is 3.46. The molecule has 0 atom stereocenters. The standard InChI is InChI=1S/C18H18F2N2O2/c1-11(2)12-3-6-14(7-4-12)22-17(23)10-21-18(24)13-5-8-15(19)16(20)9-13/h3-9,11H,10H2,1-2H3,(H,21,24)(H,22,23). The zero-order valence-corrected chi connectivity index (χ0v) is 13.4. The molecule has 2 aromatic carbocycles. The van der Waals surface area contributed by atoms with E-state index in [1.165, 1.54) is 0 Å². The van der Waals surface area contributed by atoms with E-state index < -0.39 is 23.4 Å². The Morgan fingerprint density at radius 2 is 1.67 bits per heavy atom. The van der Waals surface area contributed by atoms with E-state index in [9.17, 15) is 18.4 Å². The molecule has 24 heavy (non-hydrogen) atoms. The lowest BCUT2D eigenvalue weighted by atomic mass is 10.0. The maximum atomic E-state index is 13.1. The van der Waals surface area contributed by atoms with Crippen LogP contribution in [-0.2, 0) is 4.79 Å². The van der Waals surface area contributed by atoms with Gasteiger partial charge in [-0.15, -0.1) is 0 Å². The van der Waals surface area contributed by atoms with Crippen LogP contribution in [-0.4, -0.2) is 18.4 Å². The molecule has 0 aromatic heterocycles. The van der Waals surface area contributed by atoms with Gasteiger partial charge in [0.05, 0.1) is 6.54 Å². The normalized spacial score (nSPS) is 10.5. The molecule has 2 amide bonds. The summed E-state index contributed by atoms with van der Waals surface area (Å²) in [6, 6.07) is 10.2. The quantitative estimate of drug-likeness (QED) is 0.881. The number of hydrogen-bond donors (Lipinski definition) is 2. The monoisotopic (exact) mass is 332 g/mol. The molecule has 0 unspecified atom stereocenters. The first-order valence-corrected chi connectivity index (χ1v) is 7.50. The van der Waals surface area contributed by atoms with Gasteiger partial charge in [0.15, 0.2) is 11.6 Å². The van der Waals surface area contributed by atoms with Gasteiger partial charge in [-0.05, 0) is 41.8 Å². The third kappa shape index (κ3) is 4.62. The Labute approximate surface area is 138 Å². The van der Waals surface area contributed by atoms with Crippen LogP contribution in [0.25, 0.3) is 0 Å². The van der Waals surface area contributed by atoms with Gasteiger partial charge in [0, 0.05) is 11.3 Å². The molecular formula is C18H18F2N2O2. The van der Waals surface area contributed by atoms with E-state index in [1.807, 2.05) is 12.1 Å². The molecule has 0 saturated carbocycles. The van der Waals surface area contributed by atoms with Crippen molar-refractivity contribution in [2.75, 3.05) is 11.9 Å². The lowest BCUT2D eigenvalue weighted by Crippen LogP contribution is -2.32. The van der Waals surface area contributed by atoms with Crippen molar-refractivity contribution in [1.29, 1.82) is 0 Å². The summed E-state index contributed by atoms with van der Waals surface area (Å²) in [5.41, 5.74) is 1.72. The van der Waals surface area contributed by atoms with Crippen LogP contribution in [0, 0.1) is 11.6 Å². The Balaban J connectivity index is 1.88. The van der Waals surface area contributed by atoms with Crippen molar-refractivity contribution in [1.82, 2.24) is 5.32 Å². The van der Waals surface area contributed by atoms with Crippen molar-refractivity contribution in [2.24, 2.45) is 0 Å². The van der Waals surface area contributed by atoms with E-state index in [4.69, 9.17) is 0 Å². The SMILES string of the molecule is CC(C)c1ccc(NC(=O)CNC(=O)c2ccc(F)c(F)c2)cc1. The van der Waals surface area contributed by atoms with Gasteiger partial charge in [0.25, 0.3) is 5.91 Å². The minimum atomic E-state index is -1.11. The molecule has 0 fully saturated rings. The predicted molar refractivity (Wildman–Crippen MR) is 87.9 cm³/mol. The summed E-state index contributed by atoms with van der Waals surface area (Å²) in [4.78, 5) is 23.6. The molecule has 2 rings (SSSR count). The third-order valence-electron chi connectivity index (χ3n) is 3.45. The zero-order valence-electron chi connectivity index (χ0n) is 13.4. The maximum absolute atomic E-state index is 13.1. The summed E-state index contributed by atoms with van der Waals surface area (Å²) in [5.74, 6) is -2.82.